The molecule has 0 spiro atoms. The van der Waals surface area contributed by atoms with E-state index in [1.807, 2.05) is 0 Å². The lowest BCUT2D eigenvalue weighted by molar-refractivity contribution is -0.125. The van der Waals surface area contributed by atoms with Crippen LogP contribution in [0.4, 0.5) is 5.69 Å². The van der Waals surface area contributed by atoms with Crippen LogP contribution in [-0.2, 0) is 4.79 Å². The summed E-state index contributed by atoms with van der Waals surface area (Å²) in [6, 6.07) is 4.88. The summed E-state index contributed by atoms with van der Waals surface area (Å²) < 4.78 is 0. The molecule has 0 saturated carbocycles. The molecule has 3 N–H and O–H groups in total. The predicted molar refractivity (Wildman–Crippen MR) is 85.8 cm³/mol. The van der Waals surface area contributed by atoms with Crippen LogP contribution in [0.2, 0.25) is 5.02 Å². The van der Waals surface area contributed by atoms with E-state index in [9.17, 15) is 9.59 Å². The fourth-order valence-electron chi connectivity index (χ4n) is 2.42. The van der Waals surface area contributed by atoms with Crippen molar-refractivity contribution in [3.8, 4) is 0 Å². The van der Waals surface area contributed by atoms with Crippen LogP contribution in [0.25, 0.3) is 0 Å². The second kappa shape index (κ2) is 7.52. The number of anilines is 1. The van der Waals surface area contributed by atoms with Crippen molar-refractivity contribution in [1.29, 1.82) is 0 Å². The van der Waals surface area contributed by atoms with Crippen molar-refractivity contribution in [3.05, 3.63) is 28.8 Å². The monoisotopic (exact) mass is 331 g/mol. The maximum atomic E-state index is 12.4. The van der Waals surface area contributed by atoms with E-state index in [2.05, 4.69) is 5.32 Å². The average molecular weight is 332 g/mol. The molecule has 1 aromatic carbocycles. The number of benzene rings is 1. The highest BCUT2D eigenvalue weighted by Gasteiger charge is 2.27. The van der Waals surface area contributed by atoms with Crippen molar-refractivity contribution < 1.29 is 9.59 Å². The summed E-state index contributed by atoms with van der Waals surface area (Å²) in [5.74, 6) is -0.0705. The van der Waals surface area contributed by atoms with Gasteiger partial charge in [0.15, 0.2) is 0 Å². The molecule has 7 heteroatoms. The van der Waals surface area contributed by atoms with Gasteiger partial charge in [-0.15, -0.1) is 12.4 Å². The average Bonchev–Trinajstić information content (AvgIpc) is 2.46. The molecule has 1 aromatic rings. The summed E-state index contributed by atoms with van der Waals surface area (Å²) in [5.41, 5.74) is 6.61. The standard InChI is InChI=1S/C14H18ClN3O2.ClH/c1-17-13(19)9-4-6-18(7-5-9)14(20)11-3-2-10(16)8-12(11)15;/h2-3,8-9H,4-7,16H2,1H3,(H,17,19);1H. The molecule has 2 rings (SSSR count). The van der Waals surface area contributed by atoms with E-state index >= 15 is 0 Å². The highest BCUT2D eigenvalue weighted by Crippen LogP contribution is 2.24. The molecule has 0 bridgehead atoms. The van der Waals surface area contributed by atoms with Crippen molar-refractivity contribution in [2.45, 2.75) is 12.8 Å². The van der Waals surface area contributed by atoms with Crippen molar-refractivity contribution in [2.24, 2.45) is 5.92 Å². The van der Waals surface area contributed by atoms with Crippen LogP contribution >= 0.6 is 24.0 Å². The second-order valence-electron chi connectivity index (χ2n) is 4.92. The van der Waals surface area contributed by atoms with Crippen LogP contribution in [0.1, 0.15) is 23.2 Å². The van der Waals surface area contributed by atoms with Gasteiger partial charge >= 0.3 is 0 Å². The van der Waals surface area contributed by atoms with Crippen molar-refractivity contribution in [1.82, 2.24) is 10.2 Å². The molecule has 1 aliphatic rings. The predicted octanol–water partition coefficient (Wildman–Crippen LogP) is 1.94. The van der Waals surface area contributed by atoms with Gasteiger partial charge in [-0.05, 0) is 31.0 Å². The number of carbonyl (C=O) groups is 2. The maximum Gasteiger partial charge on any atom is 0.255 e. The highest BCUT2D eigenvalue weighted by atomic mass is 35.5. The first kappa shape index (κ1) is 17.6. The van der Waals surface area contributed by atoms with Gasteiger partial charge in [-0.1, -0.05) is 11.6 Å². The largest absolute Gasteiger partial charge is 0.399 e. The minimum Gasteiger partial charge on any atom is -0.399 e. The molecule has 0 atom stereocenters. The molecule has 1 heterocycles. The van der Waals surface area contributed by atoms with Crippen LogP contribution in [0.15, 0.2) is 18.2 Å². The minimum absolute atomic E-state index is 0. The molecular formula is C14H19Cl2N3O2. The van der Waals surface area contributed by atoms with Gasteiger partial charge in [-0.25, -0.2) is 0 Å². The topological polar surface area (TPSA) is 75.4 Å². The molecule has 1 fully saturated rings. The van der Waals surface area contributed by atoms with Gasteiger partial charge in [0.25, 0.3) is 5.91 Å². The van der Waals surface area contributed by atoms with Crippen LogP contribution in [0.3, 0.4) is 0 Å². The number of piperidine rings is 1. The molecule has 21 heavy (non-hydrogen) atoms. The molecule has 1 aliphatic heterocycles. The lowest BCUT2D eigenvalue weighted by atomic mass is 9.95. The van der Waals surface area contributed by atoms with E-state index in [1.165, 1.54) is 0 Å². The Morgan fingerprint density at radius 3 is 2.48 bits per heavy atom. The van der Waals surface area contributed by atoms with E-state index in [1.54, 1.807) is 30.1 Å². The number of halogens is 2. The van der Waals surface area contributed by atoms with Gasteiger partial charge in [0.2, 0.25) is 5.91 Å². The Balaban J connectivity index is 0.00000220. The highest BCUT2D eigenvalue weighted by molar-refractivity contribution is 6.34. The quantitative estimate of drug-likeness (QED) is 0.813. The summed E-state index contributed by atoms with van der Waals surface area (Å²) >= 11 is 6.05. The van der Waals surface area contributed by atoms with Crippen molar-refractivity contribution in [3.63, 3.8) is 0 Å². The van der Waals surface area contributed by atoms with E-state index in [0.717, 1.165) is 0 Å². The maximum absolute atomic E-state index is 12.4. The lowest BCUT2D eigenvalue weighted by Crippen LogP contribution is -2.42. The van der Waals surface area contributed by atoms with Crippen molar-refractivity contribution in [2.75, 3.05) is 25.9 Å². The van der Waals surface area contributed by atoms with Gasteiger partial charge in [0.05, 0.1) is 10.6 Å². The Morgan fingerprint density at radius 1 is 1.33 bits per heavy atom. The molecule has 116 valence electrons. The first-order chi connectivity index (χ1) is 9.52. The third-order valence-electron chi connectivity index (χ3n) is 3.62. The van der Waals surface area contributed by atoms with E-state index in [0.29, 0.717) is 42.2 Å². The first-order valence-corrected chi connectivity index (χ1v) is 6.96. The second-order valence-corrected chi connectivity index (χ2v) is 5.33. The zero-order chi connectivity index (χ0) is 14.7. The number of rotatable bonds is 2. The third kappa shape index (κ3) is 4.02. The normalized spacial score (nSPS) is 15.2. The molecular weight excluding hydrogens is 313 g/mol. The summed E-state index contributed by atoms with van der Waals surface area (Å²) in [6.45, 7) is 1.13. The molecule has 0 radical (unpaired) electrons. The Bertz CT molecular complexity index is 529. The minimum atomic E-state index is -0.106. The Morgan fingerprint density at radius 2 is 1.95 bits per heavy atom. The van der Waals surface area contributed by atoms with Crippen LogP contribution in [0, 0.1) is 5.92 Å². The van der Waals surface area contributed by atoms with Gasteiger partial charge in [-0.2, -0.15) is 0 Å². The summed E-state index contributed by atoms with van der Waals surface area (Å²) in [5, 5.41) is 3.01. The molecule has 1 saturated heterocycles. The number of nitrogens with two attached hydrogens (primary N) is 1. The summed E-state index contributed by atoms with van der Waals surface area (Å²) in [7, 11) is 1.63. The fraction of sp³-hybridized carbons (Fsp3) is 0.429. The Hall–Kier alpha value is -1.46. The zero-order valence-electron chi connectivity index (χ0n) is 11.8. The number of nitrogens with zero attached hydrogens (tertiary/aromatic N) is 1. The van der Waals surface area contributed by atoms with Gasteiger partial charge in [0, 0.05) is 31.7 Å². The third-order valence-corrected chi connectivity index (χ3v) is 3.94. The van der Waals surface area contributed by atoms with E-state index in [-0.39, 0.29) is 30.1 Å². The summed E-state index contributed by atoms with van der Waals surface area (Å²) in [4.78, 5) is 25.7. The molecule has 0 unspecified atom stereocenters. The number of hydrogen-bond acceptors (Lipinski definition) is 3. The van der Waals surface area contributed by atoms with E-state index in [4.69, 9.17) is 17.3 Å². The zero-order valence-corrected chi connectivity index (χ0v) is 13.3. The SMILES string of the molecule is CNC(=O)C1CCN(C(=O)c2ccc(N)cc2Cl)CC1.Cl. The number of amides is 2. The number of carbonyl (C=O) groups excluding carboxylic acids is 2. The molecule has 0 aromatic heterocycles. The fourth-order valence-corrected chi connectivity index (χ4v) is 2.69. The Kier molecular flexibility index (Phi) is 6.30. The van der Waals surface area contributed by atoms with Crippen LogP contribution in [0.5, 0.6) is 0 Å². The number of likely N-dealkylation sites (tertiary alicyclic amines) is 1. The lowest BCUT2D eigenvalue weighted by Gasteiger charge is -2.31. The molecule has 2 amide bonds. The van der Waals surface area contributed by atoms with Gasteiger partial charge in [0.1, 0.15) is 0 Å². The number of hydrogen-bond donors (Lipinski definition) is 2. The van der Waals surface area contributed by atoms with Gasteiger partial charge in [-0.3, -0.25) is 9.59 Å². The summed E-state index contributed by atoms with van der Waals surface area (Å²) in [6.07, 6.45) is 1.36. The number of nitrogens with one attached hydrogen (secondary N) is 1. The van der Waals surface area contributed by atoms with Crippen LogP contribution < -0.4 is 11.1 Å². The van der Waals surface area contributed by atoms with Crippen LogP contribution in [-0.4, -0.2) is 36.9 Å². The molecule has 0 aliphatic carbocycles. The number of nitrogen functional groups attached to an aromatic ring is 1. The molecule has 5 nitrogen and oxygen atoms in total. The van der Waals surface area contributed by atoms with Gasteiger partial charge < -0.3 is 16.0 Å². The van der Waals surface area contributed by atoms with E-state index < -0.39 is 0 Å². The Labute approximate surface area is 135 Å². The van der Waals surface area contributed by atoms with Crippen molar-refractivity contribution >= 4 is 41.5 Å². The first-order valence-electron chi connectivity index (χ1n) is 6.59. The smallest absolute Gasteiger partial charge is 0.255 e.